The van der Waals surface area contributed by atoms with Gasteiger partial charge in [0.1, 0.15) is 0 Å². The maximum absolute atomic E-state index is 9.75. The average Bonchev–Trinajstić information content (AvgIpc) is 2.32. The van der Waals surface area contributed by atoms with Crippen LogP contribution in [-0.4, -0.2) is 38.4 Å². The van der Waals surface area contributed by atoms with Gasteiger partial charge in [0, 0.05) is 0 Å². The molecule has 0 amide bonds. The van der Waals surface area contributed by atoms with Gasteiger partial charge in [-0.1, -0.05) is 45.8 Å². The molecule has 0 bridgehead atoms. The van der Waals surface area contributed by atoms with Gasteiger partial charge >= 0.3 is 7.25 Å². The molecule has 0 aliphatic carbocycles. The topological polar surface area (TPSA) is 0 Å². The highest BCUT2D eigenvalue weighted by Crippen LogP contribution is 2.10. The van der Waals surface area contributed by atoms with E-state index in [0.29, 0.717) is 0 Å². The predicted octanol–water partition coefficient (Wildman–Crippen LogP) is 5.47. The van der Waals surface area contributed by atoms with Gasteiger partial charge in [-0.05, 0) is 25.0 Å². The highest BCUT2D eigenvalue weighted by molar-refractivity contribution is 6.50. The molecule has 0 rings (SSSR count). The van der Waals surface area contributed by atoms with E-state index < -0.39 is 7.25 Å². The molecule has 0 aliphatic rings. The molecule has 0 atom stereocenters. The van der Waals surface area contributed by atoms with Crippen molar-refractivity contribution in [2.75, 3.05) is 26.7 Å². The van der Waals surface area contributed by atoms with Crippen LogP contribution in [0.25, 0.3) is 0 Å². The van der Waals surface area contributed by atoms with Crippen LogP contribution in [0.4, 0.5) is 17.3 Å². The minimum absolute atomic E-state index is 1.06. The van der Waals surface area contributed by atoms with Gasteiger partial charge in [-0.3, -0.25) is 0 Å². The minimum atomic E-state index is -6.00. The SMILES string of the molecule is C=CC[N+](C)(CC=C)CCCCCCCC.F[B-](F)(F)F. The molecular weight excluding hydrogens is 281 g/mol. The van der Waals surface area contributed by atoms with E-state index in [4.69, 9.17) is 0 Å². The van der Waals surface area contributed by atoms with Gasteiger partial charge in [-0.25, -0.2) is 0 Å². The van der Waals surface area contributed by atoms with Crippen LogP contribution in [-0.2, 0) is 0 Å². The number of nitrogens with zero attached hydrogens (tertiary/aromatic N) is 1. The smallest absolute Gasteiger partial charge is 0.418 e. The number of unbranched alkanes of at least 4 members (excludes halogenated alkanes) is 5. The number of quaternary nitrogens is 1. The number of hydrogen-bond acceptors (Lipinski definition) is 0. The van der Waals surface area contributed by atoms with Crippen LogP contribution in [0.5, 0.6) is 0 Å². The van der Waals surface area contributed by atoms with E-state index in [2.05, 4.69) is 27.1 Å². The largest absolute Gasteiger partial charge is 0.673 e. The van der Waals surface area contributed by atoms with E-state index in [1.807, 2.05) is 12.2 Å². The fourth-order valence-corrected chi connectivity index (χ4v) is 2.15. The fraction of sp³-hybridized carbons (Fsp3) is 0.733. The predicted molar refractivity (Wildman–Crippen MR) is 84.7 cm³/mol. The molecule has 0 aliphatic heterocycles. The summed E-state index contributed by atoms with van der Waals surface area (Å²) in [6.07, 6.45) is 12.3. The summed E-state index contributed by atoms with van der Waals surface area (Å²) in [5.41, 5.74) is 0. The highest BCUT2D eigenvalue weighted by Gasteiger charge is 2.20. The van der Waals surface area contributed by atoms with Gasteiger partial charge in [-0.2, -0.15) is 0 Å². The van der Waals surface area contributed by atoms with Crippen LogP contribution >= 0.6 is 0 Å². The van der Waals surface area contributed by atoms with Crippen molar-refractivity contribution in [1.82, 2.24) is 0 Å². The second-order valence-electron chi connectivity index (χ2n) is 5.55. The zero-order valence-corrected chi connectivity index (χ0v) is 13.5. The fourth-order valence-electron chi connectivity index (χ4n) is 2.15. The average molecular weight is 311 g/mol. The molecule has 0 unspecified atom stereocenters. The third kappa shape index (κ3) is 21.7. The second-order valence-corrected chi connectivity index (χ2v) is 5.55. The Morgan fingerprint density at radius 3 is 1.62 bits per heavy atom. The van der Waals surface area contributed by atoms with Crippen molar-refractivity contribution in [2.24, 2.45) is 0 Å². The van der Waals surface area contributed by atoms with Gasteiger partial charge in [-0.15, -0.1) is 0 Å². The first-order valence-corrected chi connectivity index (χ1v) is 7.61. The first-order valence-electron chi connectivity index (χ1n) is 7.61. The van der Waals surface area contributed by atoms with Crippen molar-refractivity contribution in [3.8, 4) is 0 Å². The lowest BCUT2D eigenvalue weighted by Crippen LogP contribution is -2.44. The van der Waals surface area contributed by atoms with E-state index in [1.165, 1.54) is 45.1 Å². The number of hydrogen-bond donors (Lipinski definition) is 0. The minimum Gasteiger partial charge on any atom is -0.418 e. The molecule has 1 nitrogen and oxygen atoms in total. The Bertz CT molecular complexity index is 251. The summed E-state index contributed by atoms with van der Waals surface area (Å²) in [4.78, 5) is 0. The van der Waals surface area contributed by atoms with Crippen LogP contribution in [0, 0.1) is 0 Å². The van der Waals surface area contributed by atoms with Gasteiger partial charge in [0.15, 0.2) is 0 Å². The Labute approximate surface area is 127 Å². The van der Waals surface area contributed by atoms with Crippen molar-refractivity contribution in [3.05, 3.63) is 25.3 Å². The Morgan fingerprint density at radius 1 is 0.857 bits per heavy atom. The lowest BCUT2D eigenvalue weighted by atomic mass is 10.1. The molecule has 0 N–H and O–H groups in total. The summed E-state index contributed by atoms with van der Waals surface area (Å²) in [5.74, 6) is 0. The summed E-state index contributed by atoms with van der Waals surface area (Å²) in [6, 6.07) is 0. The summed E-state index contributed by atoms with van der Waals surface area (Å²) in [6.45, 7) is 13.3. The van der Waals surface area contributed by atoms with Crippen LogP contribution < -0.4 is 0 Å². The zero-order chi connectivity index (χ0) is 16.8. The Balaban J connectivity index is 0. The maximum Gasteiger partial charge on any atom is 0.673 e. The number of halogens is 4. The third-order valence-corrected chi connectivity index (χ3v) is 3.19. The Hall–Kier alpha value is -0.775. The van der Waals surface area contributed by atoms with Crippen molar-refractivity contribution >= 4 is 7.25 Å². The molecule has 0 aromatic heterocycles. The molecular formula is C15H30BF4N. The molecule has 6 heteroatoms. The summed E-state index contributed by atoms with van der Waals surface area (Å²) in [5, 5.41) is 0. The zero-order valence-electron chi connectivity index (χ0n) is 13.5. The van der Waals surface area contributed by atoms with E-state index in [9.17, 15) is 17.3 Å². The second kappa shape index (κ2) is 12.9. The molecule has 21 heavy (non-hydrogen) atoms. The summed E-state index contributed by atoms with van der Waals surface area (Å²) >= 11 is 0. The maximum atomic E-state index is 9.75. The van der Waals surface area contributed by atoms with Gasteiger partial charge in [0.25, 0.3) is 0 Å². The first kappa shape index (κ1) is 22.5. The van der Waals surface area contributed by atoms with Gasteiger partial charge in [0.2, 0.25) is 0 Å². The van der Waals surface area contributed by atoms with E-state index >= 15 is 0 Å². The van der Waals surface area contributed by atoms with Crippen LogP contribution in [0.1, 0.15) is 45.4 Å². The monoisotopic (exact) mass is 311 g/mol. The summed E-state index contributed by atoms with van der Waals surface area (Å²) < 4.78 is 40.1. The molecule has 0 saturated heterocycles. The molecule has 0 radical (unpaired) electrons. The quantitative estimate of drug-likeness (QED) is 0.156. The normalized spacial score (nSPS) is 11.5. The lowest BCUT2D eigenvalue weighted by molar-refractivity contribution is -0.898. The highest BCUT2D eigenvalue weighted by atomic mass is 19.5. The lowest BCUT2D eigenvalue weighted by Gasteiger charge is -2.32. The Kier molecular flexibility index (Phi) is 13.9. The Morgan fingerprint density at radius 2 is 1.24 bits per heavy atom. The standard InChI is InChI=1S/C15H30N.BF4/c1-5-8-9-10-11-12-15-16(4,13-6-2)14-7-3;2-1(3,4)5/h6-7H,2-3,5,8-15H2,1,4H3;/q+1;-1. The van der Waals surface area contributed by atoms with Crippen LogP contribution in [0.15, 0.2) is 25.3 Å². The van der Waals surface area contributed by atoms with Gasteiger partial charge in [0.05, 0.1) is 26.7 Å². The third-order valence-electron chi connectivity index (χ3n) is 3.19. The number of rotatable bonds is 11. The van der Waals surface area contributed by atoms with Gasteiger partial charge < -0.3 is 21.7 Å². The van der Waals surface area contributed by atoms with Crippen molar-refractivity contribution < 1.29 is 21.7 Å². The molecule has 126 valence electrons. The molecule has 0 heterocycles. The number of likely N-dealkylation sites (N-methyl/N-ethyl adjacent to an activating group) is 1. The molecule has 0 fully saturated rings. The van der Waals surface area contributed by atoms with E-state index in [-0.39, 0.29) is 0 Å². The summed E-state index contributed by atoms with van der Waals surface area (Å²) in [7, 11) is -3.70. The van der Waals surface area contributed by atoms with Crippen LogP contribution in [0.2, 0.25) is 0 Å². The molecule has 0 saturated carbocycles. The van der Waals surface area contributed by atoms with E-state index in [1.54, 1.807) is 0 Å². The van der Waals surface area contributed by atoms with Crippen molar-refractivity contribution in [3.63, 3.8) is 0 Å². The molecule has 0 aromatic carbocycles. The van der Waals surface area contributed by atoms with E-state index in [0.717, 1.165) is 17.6 Å². The van der Waals surface area contributed by atoms with Crippen molar-refractivity contribution in [1.29, 1.82) is 0 Å². The van der Waals surface area contributed by atoms with Crippen LogP contribution in [0.3, 0.4) is 0 Å². The molecule has 0 spiro atoms. The first-order chi connectivity index (χ1) is 9.68. The molecule has 0 aromatic rings. The van der Waals surface area contributed by atoms with Crippen molar-refractivity contribution in [2.45, 2.75) is 45.4 Å².